The molecule has 0 spiro atoms. The first kappa shape index (κ1) is 15.7. The van der Waals surface area contributed by atoms with Crippen molar-refractivity contribution in [1.29, 1.82) is 0 Å². The van der Waals surface area contributed by atoms with E-state index in [0.717, 1.165) is 0 Å². The van der Waals surface area contributed by atoms with Gasteiger partial charge in [-0.2, -0.15) is 13.2 Å². The number of hydrogen-bond acceptors (Lipinski definition) is 3. The van der Waals surface area contributed by atoms with Crippen molar-refractivity contribution in [3.63, 3.8) is 0 Å². The molecule has 0 aromatic rings. The van der Waals surface area contributed by atoms with Crippen LogP contribution in [0.4, 0.5) is 13.2 Å². The van der Waals surface area contributed by atoms with Crippen LogP contribution in [0.1, 0.15) is 27.2 Å². The molecule has 0 aromatic carbocycles. The largest absolute Gasteiger partial charge is 0.415 e. The minimum Gasteiger partial charge on any atom is -0.392 e. The summed E-state index contributed by atoms with van der Waals surface area (Å²) >= 11 is 0. The van der Waals surface area contributed by atoms with Gasteiger partial charge in [0, 0.05) is 13.1 Å². The molecule has 0 aromatic heterocycles. The fourth-order valence-electron chi connectivity index (χ4n) is 1.28. The summed E-state index contributed by atoms with van der Waals surface area (Å²) in [7, 11) is 0. The molecule has 98 valence electrons. The molecule has 3 nitrogen and oxygen atoms in total. The Hall–Kier alpha value is -0.330. The highest BCUT2D eigenvalue weighted by molar-refractivity contribution is 4.72. The highest BCUT2D eigenvalue weighted by atomic mass is 19.4. The molecular formula is C10H20F3NO2. The number of nitrogens with one attached hydrogen (secondary N) is 1. The van der Waals surface area contributed by atoms with Gasteiger partial charge in [0.2, 0.25) is 0 Å². The van der Waals surface area contributed by atoms with Gasteiger partial charge in [0.1, 0.15) is 0 Å². The van der Waals surface area contributed by atoms with Crippen molar-refractivity contribution < 1.29 is 23.4 Å². The van der Waals surface area contributed by atoms with Crippen LogP contribution in [0.25, 0.3) is 0 Å². The smallest absolute Gasteiger partial charge is 0.392 e. The normalized spacial score (nSPS) is 17.2. The number of hydrogen-bond donors (Lipinski definition) is 3. The molecule has 0 rings (SSSR count). The monoisotopic (exact) mass is 243 g/mol. The Morgan fingerprint density at radius 1 is 1.06 bits per heavy atom. The summed E-state index contributed by atoms with van der Waals surface area (Å²) in [4.78, 5) is 0. The lowest BCUT2D eigenvalue weighted by Crippen LogP contribution is -2.41. The van der Waals surface area contributed by atoms with Crippen LogP contribution in [0.2, 0.25) is 0 Å². The summed E-state index contributed by atoms with van der Waals surface area (Å²) in [6.45, 7) is 5.25. The van der Waals surface area contributed by atoms with Crippen LogP contribution in [0.5, 0.6) is 0 Å². The minimum absolute atomic E-state index is 0.0460. The van der Waals surface area contributed by atoms with Crippen molar-refractivity contribution in [3.05, 3.63) is 0 Å². The van der Waals surface area contributed by atoms with Gasteiger partial charge in [-0.25, -0.2) is 0 Å². The van der Waals surface area contributed by atoms with E-state index in [2.05, 4.69) is 5.32 Å². The molecule has 0 aliphatic rings. The summed E-state index contributed by atoms with van der Waals surface area (Å²) in [5, 5.41) is 20.5. The molecule has 0 aliphatic heterocycles. The van der Waals surface area contributed by atoms with Crippen LogP contribution in [-0.2, 0) is 0 Å². The zero-order chi connectivity index (χ0) is 13.0. The summed E-state index contributed by atoms with van der Waals surface area (Å²) in [6, 6.07) is 0. The molecule has 0 radical (unpaired) electrons. The Labute approximate surface area is 93.7 Å². The van der Waals surface area contributed by atoms with Gasteiger partial charge in [-0.15, -0.1) is 0 Å². The van der Waals surface area contributed by atoms with Gasteiger partial charge in [0.05, 0.1) is 6.10 Å². The summed E-state index contributed by atoms with van der Waals surface area (Å²) in [5.41, 5.74) is -0.0796. The summed E-state index contributed by atoms with van der Waals surface area (Å²) in [6.07, 6.45) is -7.21. The number of rotatable bonds is 5. The first-order valence-corrected chi connectivity index (χ1v) is 5.16. The van der Waals surface area contributed by atoms with E-state index in [1.165, 1.54) is 0 Å². The SMILES string of the molecule is CC(C)(C)CC(O)CNCC(O)C(F)(F)F. The molecule has 0 aliphatic carbocycles. The Bertz CT molecular complexity index is 201. The molecule has 0 heterocycles. The Kier molecular flexibility index (Phi) is 5.72. The number of aliphatic hydroxyl groups excluding tert-OH is 2. The quantitative estimate of drug-likeness (QED) is 0.682. The zero-order valence-corrected chi connectivity index (χ0v) is 9.80. The molecule has 0 saturated carbocycles. The lowest BCUT2D eigenvalue weighted by molar-refractivity contribution is -0.202. The van der Waals surface area contributed by atoms with Gasteiger partial charge in [-0.05, 0) is 11.8 Å². The predicted molar refractivity (Wildman–Crippen MR) is 55.0 cm³/mol. The molecule has 2 atom stereocenters. The lowest BCUT2D eigenvalue weighted by Gasteiger charge is -2.23. The lowest BCUT2D eigenvalue weighted by atomic mass is 9.89. The van der Waals surface area contributed by atoms with Crippen molar-refractivity contribution in [2.45, 2.75) is 45.6 Å². The minimum atomic E-state index is -4.61. The van der Waals surface area contributed by atoms with Gasteiger partial charge in [-0.1, -0.05) is 20.8 Å². The average Bonchev–Trinajstić information content (AvgIpc) is 1.98. The Morgan fingerprint density at radius 2 is 1.56 bits per heavy atom. The van der Waals surface area contributed by atoms with E-state index >= 15 is 0 Å². The molecule has 0 fully saturated rings. The van der Waals surface area contributed by atoms with Crippen LogP contribution >= 0.6 is 0 Å². The molecule has 0 bridgehead atoms. The van der Waals surface area contributed by atoms with Crippen molar-refractivity contribution in [1.82, 2.24) is 5.32 Å². The standard InChI is InChI=1S/C10H20F3NO2/c1-9(2,3)4-7(15)5-14-6-8(16)10(11,12)13/h7-8,14-16H,4-6H2,1-3H3. The predicted octanol–water partition coefficient (Wildman–Crippen LogP) is 1.30. The third kappa shape index (κ3) is 7.90. The second kappa shape index (κ2) is 5.84. The van der Waals surface area contributed by atoms with Gasteiger partial charge >= 0.3 is 6.18 Å². The highest BCUT2D eigenvalue weighted by Gasteiger charge is 2.37. The second-order valence-corrected chi connectivity index (χ2v) is 5.13. The average molecular weight is 243 g/mol. The Balaban J connectivity index is 3.75. The second-order valence-electron chi connectivity index (χ2n) is 5.13. The molecular weight excluding hydrogens is 223 g/mol. The van der Waals surface area contributed by atoms with E-state index in [1.54, 1.807) is 0 Å². The van der Waals surface area contributed by atoms with Crippen molar-refractivity contribution in [2.75, 3.05) is 13.1 Å². The number of halogens is 3. The van der Waals surface area contributed by atoms with Gasteiger partial charge in [0.15, 0.2) is 6.10 Å². The van der Waals surface area contributed by atoms with E-state index in [1.807, 2.05) is 20.8 Å². The summed E-state index contributed by atoms with van der Waals surface area (Å²) < 4.78 is 35.7. The summed E-state index contributed by atoms with van der Waals surface area (Å²) in [5.74, 6) is 0. The molecule has 0 saturated heterocycles. The van der Waals surface area contributed by atoms with Gasteiger partial charge < -0.3 is 15.5 Å². The maximum Gasteiger partial charge on any atom is 0.415 e. The van der Waals surface area contributed by atoms with E-state index in [4.69, 9.17) is 5.11 Å². The Morgan fingerprint density at radius 3 is 1.94 bits per heavy atom. The van der Waals surface area contributed by atoms with Crippen molar-refractivity contribution in [3.8, 4) is 0 Å². The highest BCUT2D eigenvalue weighted by Crippen LogP contribution is 2.21. The van der Waals surface area contributed by atoms with E-state index in [9.17, 15) is 18.3 Å². The van der Waals surface area contributed by atoms with Crippen molar-refractivity contribution in [2.24, 2.45) is 5.41 Å². The van der Waals surface area contributed by atoms with Crippen LogP contribution in [0.3, 0.4) is 0 Å². The van der Waals surface area contributed by atoms with Gasteiger partial charge in [-0.3, -0.25) is 0 Å². The van der Waals surface area contributed by atoms with E-state index < -0.39 is 24.9 Å². The molecule has 2 unspecified atom stereocenters. The van der Waals surface area contributed by atoms with Crippen LogP contribution in [0.15, 0.2) is 0 Å². The van der Waals surface area contributed by atoms with Crippen LogP contribution < -0.4 is 5.32 Å². The topological polar surface area (TPSA) is 52.5 Å². The van der Waals surface area contributed by atoms with Crippen molar-refractivity contribution >= 4 is 0 Å². The first-order chi connectivity index (χ1) is 7.02. The molecule has 0 amide bonds. The number of alkyl halides is 3. The maximum absolute atomic E-state index is 11.9. The molecule has 6 heteroatoms. The molecule has 3 N–H and O–H groups in total. The third-order valence-electron chi connectivity index (χ3n) is 1.94. The zero-order valence-electron chi connectivity index (χ0n) is 9.80. The number of aliphatic hydroxyl groups is 2. The van der Waals surface area contributed by atoms with E-state index in [-0.39, 0.29) is 12.0 Å². The fraction of sp³-hybridized carbons (Fsp3) is 1.00. The fourth-order valence-corrected chi connectivity index (χ4v) is 1.28. The first-order valence-electron chi connectivity index (χ1n) is 5.16. The van der Waals surface area contributed by atoms with Crippen LogP contribution in [0, 0.1) is 5.41 Å². The van der Waals surface area contributed by atoms with Gasteiger partial charge in [0.25, 0.3) is 0 Å². The van der Waals surface area contributed by atoms with E-state index in [0.29, 0.717) is 6.42 Å². The molecule has 16 heavy (non-hydrogen) atoms. The maximum atomic E-state index is 11.9. The van der Waals surface area contributed by atoms with Crippen LogP contribution in [-0.4, -0.2) is 41.7 Å². The third-order valence-corrected chi connectivity index (χ3v) is 1.94.